The van der Waals surface area contributed by atoms with Crippen molar-refractivity contribution in [3.63, 3.8) is 0 Å². The Labute approximate surface area is 119 Å². The fourth-order valence-electron chi connectivity index (χ4n) is 1.96. The van der Waals surface area contributed by atoms with E-state index in [2.05, 4.69) is 18.6 Å². The van der Waals surface area contributed by atoms with Gasteiger partial charge in [-0.3, -0.25) is 4.68 Å². The van der Waals surface area contributed by atoms with Crippen LogP contribution in [0.25, 0.3) is 11.3 Å². The smallest absolute Gasteiger partial charge is 0.119 e. The Balaban J connectivity index is 2.17. The molecule has 0 atom stereocenters. The second-order valence-electron chi connectivity index (χ2n) is 4.81. The van der Waals surface area contributed by atoms with Crippen molar-refractivity contribution in [2.45, 2.75) is 26.9 Å². The molecule has 0 saturated heterocycles. The van der Waals surface area contributed by atoms with E-state index in [1.54, 1.807) is 0 Å². The highest BCUT2D eigenvalue weighted by atomic mass is 16.5. The summed E-state index contributed by atoms with van der Waals surface area (Å²) >= 11 is 0. The lowest BCUT2D eigenvalue weighted by Gasteiger charge is -2.06. The molecule has 0 bridgehead atoms. The topological polar surface area (TPSA) is 53.1 Å². The van der Waals surface area contributed by atoms with Crippen LogP contribution in [0.3, 0.4) is 0 Å². The molecule has 0 fully saturated rings. The molecule has 0 spiro atoms. The summed E-state index contributed by atoms with van der Waals surface area (Å²) in [6.07, 6.45) is 0. The predicted octanol–water partition coefficient (Wildman–Crippen LogP) is 2.98. The molecule has 106 valence electrons. The molecule has 2 aromatic rings. The normalized spacial score (nSPS) is 10.6. The Kier molecular flexibility index (Phi) is 4.58. The minimum atomic E-state index is 0.501. The van der Waals surface area contributed by atoms with Crippen molar-refractivity contribution in [1.82, 2.24) is 9.78 Å². The third kappa shape index (κ3) is 3.27. The van der Waals surface area contributed by atoms with Gasteiger partial charge in [-0.15, -0.1) is 0 Å². The summed E-state index contributed by atoms with van der Waals surface area (Å²) in [6, 6.07) is 9.96. The van der Waals surface area contributed by atoms with Crippen LogP contribution in [0, 0.1) is 0 Å². The van der Waals surface area contributed by atoms with Crippen molar-refractivity contribution in [3.05, 3.63) is 48.2 Å². The molecule has 2 rings (SSSR count). The maximum absolute atomic E-state index is 5.72. The van der Waals surface area contributed by atoms with Crippen molar-refractivity contribution in [2.24, 2.45) is 5.73 Å². The molecule has 0 saturated carbocycles. The van der Waals surface area contributed by atoms with E-state index in [1.165, 1.54) is 0 Å². The Morgan fingerprint density at radius 1 is 1.35 bits per heavy atom. The van der Waals surface area contributed by atoms with Gasteiger partial charge in [-0.2, -0.15) is 5.10 Å². The average Bonchev–Trinajstić information content (AvgIpc) is 2.89. The molecule has 0 radical (unpaired) electrons. The van der Waals surface area contributed by atoms with E-state index in [9.17, 15) is 0 Å². The Bertz CT molecular complexity index is 563. The van der Waals surface area contributed by atoms with Crippen molar-refractivity contribution >= 4 is 0 Å². The Morgan fingerprint density at radius 2 is 2.05 bits per heavy atom. The van der Waals surface area contributed by atoms with Gasteiger partial charge in [0, 0.05) is 18.7 Å². The maximum atomic E-state index is 5.72. The highest BCUT2D eigenvalue weighted by Crippen LogP contribution is 2.22. The molecule has 4 heteroatoms. The van der Waals surface area contributed by atoms with Gasteiger partial charge >= 0.3 is 0 Å². The second-order valence-corrected chi connectivity index (χ2v) is 4.81. The zero-order chi connectivity index (χ0) is 14.5. The SMILES string of the molecule is C=C(C)COc1ccc(-c2cc(CN)n(CC)n2)cc1. The number of benzene rings is 1. The van der Waals surface area contributed by atoms with Crippen molar-refractivity contribution < 1.29 is 4.74 Å². The molecule has 0 aliphatic rings. The largest absolute Gasteiger partial charge is 0.489 e. The summed E-state index contributed by atoms with van der Waals surface area (Å²) in [7, 11) is 0. The number of rotatable bonds is 6. The van der Waals surface area contributed by atoms with Gasteiger partial charge in [0.2, 0.25) is 0 Å². The monoisotopic (exact) mass is 271 g/mol. The van der Waals surface area contributed by atoms with Crippen LogP contribution < -0.4 is 10.5 Å². The predicted molar refractivity (Wildman–Crippen MR) is 81.5 cm³/mol. The molecule has 4 nitrogen and oxygen atoms in total. The van der Waals surface area contributed by atoms with Crippen LogP contribution in [-0.2, 0) is 13.1 Å². The summed E-state index contributed by atoms with van der Waals surface area (Å²) < 4.78 is 7.52. The molecule has 1 aromatic carbocycles. The molecule has 0 amide bonds. The van der Waals surface area contributed by atoms with E-state index < -0.39 is 0 Å². The minimum Gasteiger partial charge on any atom is -0.489 e. The van der Waals surface area contributed by atoms with Gasteiger partial charge in [0.05, 0.1) is 11.4 Å². The second kappa shape index (κ2) is 6.39. The molecule has 0 aliphatic carbocycles. The van der Waals surface area contributed by atoms with E-state index in [-0.39, 0.29) is 0 Å². The lowest BCUT2D eigenvalue weighted by molar-refractivity contribution is 0.353. The highest BCUT2D eigenvalue weighted by Gasteiger charge is 2.07. The summed E-state index contributed by atoms with van der Waals surface area (Å²) in [4.78, 5) is 0. The van der Waals surface area contributed by atoms with Crippen LogP contribution in [0.4, 0.5) is 0 Å². The first-order valence-electron chi connectivity index (χ1n) is 6.78. The first-order chi connectivity index (χ1) is 9.63. The van der Waals surface area contributed by atoms with E-state index in [1.807, 2.05) is 41.9 Å². The van der Waals surface area contributed by atoms with Gasteiger partial charge < -0.3 is 10.5 Å². The molecular weight excluding hydrogens is 250 g/mol. The Morgan fingerprint density at radius 3 is 2.55 bits per heavy atom. The van der Waals surface area contributed by atoms with E-state index >= 15 is 0 Å². The lowest BCUT2D eigenvalue weighted by atomic mass is 10.1. The number of hydrogen-bond donors (Lipinski definition) is 1. The maximum Gasteiger partial charge on any atom is 0.119 e. The third-order valence-corrected chi connectivity index (χ3v) is 3.01. The number of aryl methyl sites for hydroxylation is 1. The number of aromatic nitrogens is 2. The number of ether oxygens (including phenoxy) is 1. The van der Waals surface area contributed by atoms with E-state index in [0.29, 0.717) is 13.2 Å². The molecule has 0 aliphatic heterocycles. The fraction of sp³-hybridized carbons (Fsp3) is 0.312. The van der Waals surface area contributed by atoms with Crippen LogP contribution in [0.1, 0.15) is 19.5 Å². The molecule has 1 aromatic heterocycles. The van der Waals surface area contributed by atoms with Crippen molar-refractivity contribution in [1.29, 1.82) is 0 Å². The minimum absolute atomic E-state index is 0.501. The van der Waals surface area contributed by atoms with Crippen LogP contribution in [0.15, 0.2) is 42.5 Å². The van der Waals surface area contributed by atoms with Crippen LogP contribution in [0.5, 0.6) is 5.75 Å². The summed E-state index contributed by atoms with van der Waals surface area (Å²) in [5, 5.41) is 4.56. The number of nitrogens with zero attached hydrogens (tertiary/aromatic N) is 2. The Hall–Kier alpha value is -2.07. The molecule has 20 heavy (non-hydrogen) atoms. The standard InChI is InChI=1S/C16H21N3O/c1-4-19-14(10-17)9-16(18-19)13-5-7-15(8-6-13)20-11-12(2)3/h5-9H,2,4,10-11,17H2,1,3H3. The number of nitrogens with two attached hydrogens (primary N) is 1. The van der Waals surface area contributed by atoms with Gasteiger partial charge in [0.1, 0.15) is 12.4 Å². The summed E-state index contributed by atoms with van der Waals surface area (Å²) in [5.74, 6) is 0.839. The van der Waals surface area contributed by atoms with Crippen LogP contribution in [-0.4, -0.2) is 16.4 Å². The molecular formula is C16H21N3O. The zero-order valence-electron chi connectivity index (χ0n) is 12.1. The summed E-state index contributed by atoms with van der Waals surface area (Å²) in [5.41, 5.74) is 9.78. The third-order valence-electron chi connectivity index (χ3n) is 3.01. The van der Waals surface area contributed by atoms with E-state index in [4.69, 9.17) is 10.5 Å². The fourth-order valence-corrected chi connectivity index (χ4v) is 1.96. The summed E-state index contributed by atoms with van der Waals surface area (Å²) in [6.45, 7) is 9.69. The quantitative estimate of drug-likeness (QED) is 0.822. The van der Waals surface area contributed by atoms with E-state index in [0.717, 1.165) is 34.8 Å². The van der Waals surface area contributed by atoms with Crippen LogP contribution in [0.2, 0.25) is 0 Å². The van der Waals surface area contributed by atoms with Crippen molar-refractivity contribution in [3.8, 4) is 17.0 Å². The van der Waals surface area contributed by atoms with Gasteiger partial charge in [-0.05, 0) is 49.8 Å². The molecule has 0 unspecified atom stereocenters. The van der Waals surface area contributed by atoms with Gasteiger partial charge in [0.25, 0.3) is 0 Å². The first kappa shape index (κ1) is 14.3. The first-order valence-corrected chi connectivity index (χ1v) is 6.78. The average molecular weight is 271 g/mol. The van der Waals surface area contributed by atoms with Crippen LogP contribution >= 0.6 is 0 Å². The highest BCUT2D eigenvalue weighted by molar-refractivity contribution is 5.60. The molecule has 2 N–H and O–H groups in total. The zero-order valence-corrected chi connectivity index (χ0v) is 12.1. The lowest BCUT2D eigenvalue weighted by Crippen LogP contribution is -2.06. The van der Waals surface area contributed by atoms with Crippen molar-refractivity contribution in [2.75, 3.05) is 6.61 Å². The van der Waals surface area contributed by atoms with Gasteiger partial charge in [-0.25, -0.2) is 0 Å². The van der Waals surface area contributed by atoms with Gasteiger partial charge in [-0.1, -0.05) is 6.58 Å². The number of hydrogen-bond acceptors (Lipinski definition) is 3. The van der Waals surface area contributed by atoms with Gasteiger partial charge in [0.15, 0.2) is 0 Å². The molecule has 1 heterocycles.